The number of benzene rings is 1. The number of nitrogens with zero attached hydrogens (tertiary/aromatic N) is 4. The third-order valence-electron chi connectivity index (χ3n) is 3.01. The Bertz CT molecular complexity index is 545. The molecule has 1 aromatic rings. The summed E-state index contributed by atoms with van der Waals surface area (Å²) in [7, 11) is 0. The highest BCUT2D eigenvalue weighted by Gasteiger charge is 2.22. The van der Waals surface area contributed by atoms with Crippen molar-refractivity contribution in [3.05, 3.63) is 58.5 Å². The Morgan fingerprint density at radius 2 is 1.73 bits per heavy atom. The maximum absolute atomic E-state index is 11.2. The average Bonchev–Trinajstić information content (AvgIpc) is 2.85. The van der Waals surface area contributed by atoms with Crippen LogP contribution in [0.25, 0.3) is 10.4 Å². The van der Waals surface area contributed by atoms with Gasteiger partial charge in [0.25, 0.3) is 11.8 Å². The number of carbonyl (C=O) groups excluding carboxylic acids is 2. The maximum Gasteiger partial charge on any atom is 0.253 e. The molecule has 0 saturated heterocycles. The van der Waals surface area contributed by atoms with E-state index in [2.05, 4.69) is 16.9 Å². The molecule has 6 heteroatoms. The van der Waals surface area contributed by atoms with Crippen LogP contribution in [0.3, 0.4) is 0 Å². The summed E-state index contributed by atoms with van der Waals surface area (Å²) in [6, 6.07) is 9.44. The van der Waals surface area contributed by atoms with E-state index in [0.29, 0.717) is 13.1 Å². The van der Waals surface area contributed by atoms with E-state index in [1.807, 2.05) is 30.3 Å². The van der Waals surface area contributed by atoms with E-state index in [-0.39, 0.29) is 11.8 Å². The first-order valence-electron chi connectivity index (χ1n) is 7.27. The second-order valence-corrected chi connectivity index (χ2v) is 4.74. The molecule has 1 aliphatic rings. The summed E-state index contributed by atoms with van der Waals surface area (Å²) in [4.78, 5) is 26.3. The van der Waals surface area contributed by atoms with E-state index in [0.717, 1.165) is 12.0 Å². The summed E-state index contributed by atoms with van der Waals surface area (Å²) < 4.78 is 0. The standard InChI is InChI=1S/C11H9NO2.C5H11N3/c13-10-6-7-11(14)12(10)8-9-4-2-1-3-5-9;1-2-3-4-5-7-8-6/h1-7H,8H2;2-5H2,1H3. The smallest absolute Gasteiger partial charge is 0.253 e. The largest absolute Gasteiger partial charge is 0.271 e. The van der Waals surface area contributed by atoms with E-state index in [4.69, 9.17) is 5.53 Å². The monoisotopic (exact) mass is 300 g/mol. The normalized spacial score (nSPS) is 12.7. The van der Waals surface area contributed by atoms with Crippen LogP contribution >= 0.6 is 0 Å². The fraction of sp³-hybridized carbons (Fsp3) is 0.375. The lowest BCUT2D eigenvalue weighted by Crippen LogP contribution is -2.29. The molecule has 0 radical (unpaired) electrons. The Kier molecular flexibility index (Phi) is 8.08. The van der Waals surface area contributed by atoms with Gasteiger partial charge in [-0.2, -0.15) is 0 Å². The van der Waals surface area contributed by atoms with Gasteiger partial charge in [-0.3, -0.25) is 14.5 Å². The molecular weight excluding hydrogens is 280 g/mol. The Morgan fingerprint density at radius 3 is 2.27 bits per heavy atom. The van der Waals surface area contributed by atoms with Gasteiger partial charge < -0.3 is 0 Å². The first-order valence-corrected chi connectivity index (χ1v) is 7.27. The lowest BCUT2D eigenvalue weighted by Gasteiger charge is -2.13. The number of hydrogen-bond acceptors (Lipinski definition) is 3. The molecule has 1 heterocycles. The molecule has 116 valence electrons. The van der Waals surface area contributed by atoms with Crippen molar-refractivity contribution < 1.29 is 9.59 Å². The highest BCUT2D eigenvalue weighted by atomic mass is 16.2. The van der Waals surface area contributed by atoms with Gasteiger partial charge >= 0.3 is 0 Å². The molecule has 1 aliphatic heterocycles. The van der Waals surface area contributed by atoms with Crippen LogP contribution in [-0.2, 0) is 16.1 Å². The Balaban J connectivity index is 0.000000261. The zero-order valence-electron chi connectivity index (χ0n) is 12.7. The van der Waals surface area contributed by atoms with E-state index in [1.165, 1.54) is 29.9 Å². The molecule has 0 bridgehead atoms. The second kappa shape index (κ2) is 10.2. The van der Waals surface area contributed by atoms with Crippen LogP contribution in [0.2, 0.25) is 0 Å². The summed E-state index contributed by atoms with van der Waals surface area (Å²) in [6.07, 6.45) is 5.97. The van der Waals surface area contributed by atoms with E-state index < -0.39 is 0 Å². The van der Waals surface area contributed by atoms with Crippen molar-refractivity contribution in [2.24, 2.45) is 5.11 Å². The zero-order chi connectivity index (χ0) is 16.2. The van der Waals surface area contributed by atoms with Crippen molar-refractivity contribution in [3.63, 3.8) is 0 Å². The summed E-state index contributed by atoms with van der Waals surface area (Å²) in [5.74, 6) is -0.474. The van der Waals surface area contributed by atoms with E-state index in [1.54, 1.807) is 0 Å². The Labute approximate surface area is 130 Å². The van der Waals surface area contributed by atoms with Gasteiger partial charge in [0.05, 0.1) is 6.54 Å². The SMILES string of the molecule is CCCCCN=[N+]=[N-].O=C1C=CC(=O)N1Cc1ccccc1. The minimum atomic E-state index is -0.237. The van der Waals surface area contributed by atoms with Gasteiger partial charge in [0.2, 0.25) is 0 Å². The summed E-state index contributed by atoms with van der Waals surface area (Å²) >= 11 is 0. The third kappa shape index (κ3) is 6.24. The molecule has 1 aromatic carbocycles. The van der Waals surface area contributed by atoms with Gasteiger partial charge in [0, 0.05) is 23.6 Å². The number of rotatable bonds is 6. The molecule has 0 aromatic heterocycles. The lowest BCUT2D eigenvalue weighted by molar-refractivity contribution is -0.137. The topological polar surface area (TPSA) is 86.1 Å². The lowest BCUT2D eigenvalue weighted by atomic mass is 10.2. The van der Waals surface area contributed by atoms with Crippen LogP contribution in [0, 0.1) is 0 Å². The van der Waals surface area contributed by atoms with E-state index in [9.17, 15) is 9.59 Å². The van der Waals surface area contributed by atoms with Gasteiger partial charge in [0.1, 0.15) is 0 Å². The molecular formula is C16H20N4O2. The van der Waals surface area contributed by atoms with Crippen LogP contribution < -0.4 is 0 Å². The van der Waals surface area contributed by atoms with Gasteiger partial charge in [-0.15, -0.1) is 0 Å². The molecule has 0 saturated carbocycles. The summed E-state index contributed by atoms with van der Waals surface area (Å²) in [5, 5.41) is 3.39. The maximum atomic E-state index is 11.2. The molecule has 0 N–H and O–H groups in total. The molecule has 0 fully saturated rings. The van der Waals surface area contributed by atoms with Crippen LogP contribution in [0.15, 0.2) is 47.6 Å². The first kappa shape index (κ1) is 17.5. The van der Waals surface area contributed by atoms with Crippen molar-refractivity contribution in [3.8, 4) is 0 Å². The number of imide groups is 1. The predicted octanol–water partition coefficient (Wildman–Crippen LogP) is 3.60. The van der Waals surface area contributed by atoms with Crippen molar-refractivity contribution >= 4 is 11.8 Å². The van der Waals surface area contributed by atoms with Crippen molar-refractivity contribution in [1.82, 2.24) is 4.90 Å². The molecule has 0 unspecified atom stereocenters. The van der Waals surface area contributed by atoms with Gasteiger partial charge in [-0.1, -0.05) is 55.2 Å². The molecule has 0 spiro atoms. The highest BCUT2D eigenvalue weighted by molar-refractivity contribution is 6.12. The second-order valence-electron chi connectivity index (χ2n) is 4.74. The Morgan fingerprint density at radius 1 is 1.09 bits per heavy atom. The predicted molar refractivity (Wildman–Crippen MR) is 84.7 cm³/mol. The number of unbranched alkanes of at least 4 members (excludes halogenated alkanes) is 2. The third-order valence-corrected chi connectivity index (χ3v) is 3.01. The van der Waals surface area contributed by atoms with E-state index >= 15 is 0 Å². The molecule has 2 rings (SSSR count). The summed E-state index contributed by atoms with van der Waals surface area (Å²) in [5.41, 5.74) is 8.78. The molecule has 0 aliphatic carbocycles. The fourth-order valence-electron chi connectivity index (χ4n) is 1.83. The zero-order valence-corrected chi connectivity index (χ0v) is 12.7. The van der Waals surface area contributed by atoms with Gasteiger partial charge in [0.15, 0.2) is 0 Å². The fourth-order valence-corrected chi connectivity index (χ4v) is 1.83. The van der Waals surface area contributed by atoms with Crippen LogP contribution in [0.5, 0.6) is 0 Å². The van der Waals surface area contributed by atoms with Crippen molar-refractivity contribution in [2.75, 3.05) is 6.54 Å². The number of carbonyl (C=O) groups is 2. The first-order chi connectivity index (χ1) is 10.7. The molecule has 6 nitrogen and oxygen atoms in total. The quantitative estimate of drug-likeness (QED) is 0.264. The van der Waals surface area contributed by atoms with Crippen molar-refractivity contribution in [2.45, 2.75) is 32.7 Å². The minimum absolute atomic E-state index is 0.237. The van der Waals surface area contributed by atoms with Crippen LogP contribution in [0.4, 0.5) is 0 Å². The number of hydrogen-bond donors (Lipinski definition) is 0. The molecule has 2 amide bonds. The number of amides is 2. The van der Waals surface area contributed by atoms with Crippen molar-refractivity contribution in [1.29, 1.82) is 0 Å². The molecule has 0 atom stereocenters. The van der Waals surface area contributed by atoms with Crippen LogP contribution in [-0.4, -0.2) is 23.3 Å². The van der Waals surface area contributed by atoms with Gasteiger partial charge in [-0.25, -0.2) is 0 Å². The van der Waals surface area contributed by atoms with Crippen LogP contribution in [0.1, 0.15) is 31.7 Å². The van der Waals surface area contributed by atoms with Gasteiger partial charge in [-0.05, 0) is 17.5 Å². The molecule has 22 heavy (non-hydrogen) atoms. The Hall–Kier alpha value is -2.59. The highest BCUT2D eigenvalue weighted by Crippen LogP contribution is 2.09. The summed E-state index contributed by atoms with van der Waals surface area (Å²) in [6.45, 7) is 3.13. The minimum Gasteiger partial charge on any atom is -0.271 e. The number of azide groups is 1. The average molecular weight is 300 g/mol.